The molecule has 2 aliphatic heterocycles. The predicted molar refractivity (Wildman–Crippen MR) is 80.9 cm³/mol. The van der Waals surface area contributed by atoms with Crippen LogP contribution in [-0.4, -0.2) is 48.8 Å². The molecule has 2 unspecified atom stereocenters. The Bertz CT molecular complexity index is 330. The Morgan fingerprint density at radius 1 is 1.05 bits per heavy atom. The van der Waals surface area contributed by atoms with Crippen molar-refractivity contribution in [3.05, 3.63) is 0 Å². The molecule has 0 radical (unpaired) electrons. The minimum atomic E-state index is 0.478. The van der Waals surface area contributed by atoms with E-state index in [2.05, 4.69) is 10.2 Å². The Kier molecular flexibility index (Phi) is 3.78. The SMILES string of the molecule is C1CCC(CN2CC(C3CC3)NCC23CCCC3)OC1. The first-order valence-electron chi connectivity index (χ1n) is 8.96. The van der Waals surface area contributed by atoms with Crippen LogP contribution < -0.4 is 5.32 Å². The van der Waals surface area contributed by atoms with Gasteiger partial charge in [-0.2, -0.15) is 0 Å². The molecule has 0 bridgehead atoms. The van der Waals surface area contributed by atoms with E-state index in [0.29, 0.717) is 11.6 Å². The highest BCUT2D eigenvalue weighted by atomic mass is 16.5. The van der Waals surface area contributed by atoms with Crippen LogP contribution in [0.15, 0.2) is 0 Å². The van der Waals surface area contributed by atoms with E-state index in [1.54, 1.807) is 0 Å². The van der Waals surface area contributed by atoms with Crippen LogP contribution in [0.25, 0.3) is 0 Å². The molecule has 0 aromatic rings. The van der Waals surface area contributed by atoms with Crippen molar-refractivity contribution in [2.45, 2.75) is 75.5 Å². The van der Waals surface area contributed by atoms with E-state index in [9.17, 15) is 0 Å². The summed E-state index contributed by atoms with van der Waals surface area (Å²) in [5.74, 6) is 0.975. The number of nitrogens with zero attached hydrogens (tertiary/aromatic N) is 1. The molecule has 2 saturated heterocycles. The molecule has 0 aromatic heterocycles. The van der Waals surface area contributed by atoms with Gasteiger partial charge in [-0.05, 0) is 50.9 Å². The summed E-state index contributed by atoms with van der Waals surface area (Å²) in [6.45, 7) is 4.71. The van der Waals surface area contributed by atoms with Gasteiger partial charge in [-0.3, -0.25) is 4.90 Å². The predicted octanol–water partition coefficient (Wildman–Crippen LogP) is 2.55. The minimum absolute atomic E-state index is 0.478. The second-order valence-electron chi connectivity index (χ2n) is 7.65. The van der Waals surface area contributed by atoms with Gasteiger partial charge in [0.25, 0.3) is 0 Å². The van der Waals surface area contributed by atoms with Gasteiger partial charge in [0.2, 0.25) is 0 Å². The summed E-state index contributed by atoms with van der Waals surface area (Å²) in [5.41, 5.74) is 0.478. The number of ether oxygens (including phenoxy) is 1. The Hall–Kier alpha value is -0.120. The van der Waals surface area contributed by atoms with Crippen LogP contribution in [0.5, 0.6) is 0 Å². The van der Waals surface area contributed by atoms with Gasteiger partial charge in [0.1, 0.15) is 0 Å². The summed E-state index contributed by atoms with van der Waals surface area (Å²) in [4.78, 5) is 2.86. The summed E-state index contributed by atoms with van der Waals surface area (Å²) in [6, 6.07) is 0.768. The highest BCUT2D eigenvalue weighted by molar-refractivity contribution is 5.05. The van der Waals surface area contributed by atoms with Crippen molar-refractivity contribution in [2.75, 3.05) is 26.2 Å². The second kappa shape index (κ2) is 5.58. The van der Waals surface area contributed by atoms with Crippen LogP contribution in [0.3, 0.4) is 0 Å². The Balaban J connectivity index is 1.44. The van der Waals surface area contributed by atoms with Crippen molar-refractivity contribution in [1.29, 1.82) is 0 Å². The van der Waals surface area contributed by atoms with Gasteiger partial charge >= 0.3 is 0 Å². The van der Waals surface area contributed by atoms with Crippen LogP contribution in [0.1, 0.15) is 57.8 Å². The van der Waals surface area contributed by atoms with Crippen LogP contribution in [-0.2, 0) is 4.74 Å². The van der Waals surface area contributed by atoms with Crippen LogP contribution in [0.2, 0.25) is 0 Å². The van der Waals surface area contributed by atoms with E-state index in [0.717, 1.165) is 18.6 Å². The molecule has 4 fully saturated rings. The molecule has 2 saturated carbocycles. The zero-order chi connectivity index (χ0) is 13.4. The van der Waals surface area contributed by atoms with E-state index < -0.39 is 0 Å². The van der Waals surface area contributed by atoms with Gasteiger partial charge in [-0.25, -0.2) is 0 Å². The van der Waals surface area contributed by atoms with Gasteiger partial charge in [0, 0.05) is 37.8 Å². The largest absolute Gasteiger partial charge is 0.377 e. The summed E-state index contributed by atoms with van der Waals surface area (Å²) in [6.07, 6.45) is 13.0. The van der Waals surface area contributed by atoms with Crippen molar-refractivity contribution in [1.82, 2.24) is 10.2 Å². The zero-order valence-electron chi connectivity index (χ0n) is 12.8. The normalized spacial score (nSPS) is 38.4. The number of hydrogen-bond donors (Lipinski definition) is 1. The Labute approximate surface area is 123 Å². The van der Waals surface area contributed by atoms with Crippen molar-refractivity contribution in [2.24, 2.45) is 5.92 Å². The highest BCUT2D eigenvalue weighted by Gasteiger charge is 2.46. The molecule has 20 heavy (non-hydrogen) atoms. The quantitative estimate of drug-likeness (QED) is 0.858. The Morgan fingerprint density at radius 2 is 1.90 bits per heavy atom. The van der Waals surface area contributed by atoms with Crippen LogP contribution in [0, 0.1) is 5.92 Å². The number of piperazine rings is 1. The third-order valence-electron chi connectivity index (χ3n) is 6.20. The van der Waals surface area contributed by atoms with Gasteiger partial charge in [-0.15, -0.1) is 0 Å². The molecule has 114 valence electrons. The molecule has 0 aromatic carbocycles. The average molecular weight is 278 g/mol. The lowest BCUT2D eigenvalue weighted by atomic mass is 9.89. The average Bonchev–Trinajstić information content (AvgIpc) is 3.23. The molecule has 1 N–H and O–H groups in total. The fraction of sp³-hybridized carbons (Fsp3) is 1.00. The first kappa shape index (κ1) is 13.5. The minimum Gasteiger partial charge on any atom is -0.377 e. The van der Waals surface area contributed by atoms with Gasteiger partial charge in [0.05, 0.1) is 6.10 Å². The van der Waals surface area contributed by atoms with Crippen LogP contribution in [0.4, 0.5) is 0 Å². The molecule has 3 heteroatoms. The van der Waals surface area contributed by atoms with E-state index in [1.165, 1.54) is 77.4 Å². The van der Waals surface area contributed by atoms with E-state index in [-0.39, 0.29) is 0 Å². The first-order chi connectivity index (χ1) is 9.86. The molecule has 2 aliphatic carbocycles. The molecular weight excluding hydrogens is 248 g/mol. The lowest BCUT2D eigenvalue weighted by Crippen LogP contribution is -2.65. The smallest absolute Gasteiger partial charge is 0.0702 e. The number of rotatable bonds is 3. The van der Waals surface area contributed by atoms with Crippen molar-refractivity contribution < 1.29 is 4.74 Å². The van der Waals surface area contributed by atoms with Gasteiger partial charge < -0.3 is 10.1 Å². The third kappa shape index (κ3) is 2.65. The summed E-state index contributed by atoms with van der Waals surface area (Å²) in [5, 5.41) is 3.90. The maximum atomic E-state index is 6.03. The van der Waals surface area contributed by atoms with Crippen molar-refractivity contribution in [3.63, 3.8) is 0 Å². The molecule has 2 atom stereocenters. The zero-order valence-corrected chi connectivity index (χ0v) is 12.8. The van der Waals surface area contributed by atoms with Crippen molar-refractivity contribution >= 4 is 0 Å². The molecule has 2 heterocycles. The standard InChI is InChI=1S/C17H30N2O/c1-4-10-20-15(5-1)11-19-12-16(14-6-7-14)18-13-17(19)8-2-3-9-17/h14-16,18H,1-13H2. The summed E-state index contributed by atoms with van der Waals surface area (Å²) >= 11 is 0. The monoisotopic (exact) mass is 278 g/mol. The van der Waals surface area contributed by atoms with E-state index in [1.807, 2.05) is 0 Å². The topological polar surface area (TPSA) is 24.5 Å². The third-order valence-corrected chi connectivity index (χ3v) is 6.20. The van der Waals surface area contributed by atoms with Gasteiger partial charge in [0.15, 0.2) is 0 Å². The van der Waals surface area contributed by atoms with Crippen molar-refractivity contribution in [3.8, 4) is 0 Å². The maximum absolute atomic E-state index is 6.03. The second-order valence-corrected chi connectivity index (χ2v) is 7.65. The maximum Gasteiger partial charge on any atom is 0.0702 e. The Morgan fingerprint density at radius 3 is 2.60 bits per heavy atom. The number of hydrogen-bond acceptors (Lipinski definition) is 3. The lowest BCUT2D eigenvalue weighted by Gasteiger charge is -2.50. The molecule has 4 aliphatic rings. The summed E-state index contributed by atoms with van der Waals surface area (Å²) in [7, 11) is 0. The molecular formula is C17H30N2O. The fourth-order valence-electron chi connectivity index (χ4n) is 4.73. The van der Waals surface area contributed by atoms with Crippen LogP contribution >= 0.6 is 0 Å². The van der Waals surface area contributed by atoms with E-state index >= 15 is 0 Å². The highest BCUT2D eigenvalue weighted by Crippen LogP contribution is 2.41. The van der Waals surface area contributed by atoms with E-state index in [4.69, 9.17) is 4.74 Å². The number of nitrogens with one attached hydrogen (secondary N) is 1. The molecule has 4 rings (SSSR count). The summed E-state index contributed by atoms with van der Waals surface area (Å²) < 4.78 is 6.03. The van der Waals surface area contributed by atoms with Gasteiger partial charge in [-0.1, -0.05) is 12.8 Å². The molecule has 3 nitrogen and oxygen atoms in total. The fourth-order valence-corrected chi connectivity index (χ4v) is 4.73. The molecule has 0 amide bonds. The molecule has 1 spiro atoms. The lowest BCUT2D eigenvalue weighted by molar-refractivity contribution is -0.0462. The first-order valence-corrected chi connectivity index (χ1v) is 8.96.